The second-order valence-corrected chi connectivity index (χ2v) is 3.93. The fraction of sp³-hybridized carbons (Fsp3) is 0.538. The highest BCUT2D eigenvalue weighted by molar-refractivity contribution is 5.50. The number of methoxy groups -OCH3 is 3. The highest BCUT2D eigenvalue weighted by Gasteiger charge is 2.15. The molecule has 4 nitrogen and oxygen atoms in total. The van der Waals surface area contributed by atoms with E-state index in [1.54, 1.807) is 21.3 Å². The van der Waals surface area contributed by atoms with Gasteiger partial charge in [0.2, 0.25) is 0 Å². The Balaban J connectivity index is 3.24. The molecule has 1 unspecified atom stereocenters. The van der Waals surface area contributed by atoms with Crippen molar-refractivity contribution in [3.05, 3.63) is 23.3 Å². The normalized spacial score (nSPS) is 12.3. The molecule has 1 rings (SSSR count). The number of benzene rings is 1. The van der Waals surface area contributed by atoms with E-state index < -0.39 is 0 Å². The van der Waals surface area contributed by atoms with E-state index >= 15 is 0 Å². The minimum absolute atomic E-state index is 0.0606. The monoisotopic (exact) mass is 240 g/mol. The minimum Gasteiger partial charge on any atom is -0.493 e. The van der Waals surface area contributed by atoms with E-state index in [2.05, 4.69) is 0 Å². The van der Waals surface area contributed by atoms with Gasteiger partial charge in [-0.3, -0.25) is 0 Å². The van der Waals surface area contributed by atoms with Crippen molar-refractivity contribution in [3.8, 4) is 11.5 Å². The van der Waals surface area contributed by atoms with Crippen LogP contribution in [0.4, 0.5) is 0 Å². The van der Waals surface area contributed by atoms with Crippen LogP contribution in [0.1, 0.15) is 24.0 Å². The van der Waals surface area contributed by atoms with Crippen molar-refractivity contribution < 1.29 is 19.3 Å². The molecule has 0 spiro atoms. The molecule has 0 radical (unpaired) electrons. The summed E-state index contributed by atoms with van der Waals surface area (Å²) in [4.78, 5) is 0. The summed E-state index contributed by atoms with van der Waals surface area (Å²) in [5, 5.41) is 9.20. The zero-order valence-electron chi connectivity index (χ0n) is 10.8. The Morgan fingerprint density at radius 1 is 1.18 bits per heavy atom. The minimum atomic E-state index is 0.0606. The third-order valence-corrected chi connectivity index (χ3v) is 2.72. The summed E-state index contributed by atoms with van der Waals surface area (Å²) in [6, 6.07) is 3.87. The Bertz CT molecular complexity index is 363. The number of ether oxygens (including phenoxy) is 3. The van der Waals surface area contributed by atoms with Gasteiger partial charge in [-0.2, -0.15) is 0 Å². The Kier molecular flexibility index (Phi) is 5.25. The average Bonchev–Trinajstić information content (AvgIpc) is 2.37. The largest absolute Gasteiger partial charge is 0.493 e. The fourth-order valence-corrected chi connectivity index (χ4v) is 1.72. The molecule has 1 aromatic rings. The first-order chi connectivity index (χ1) is 8.17. The van der Waals surface area contributed by atoms with E-state index in [1.807, 2.05) is 19.1 Å². The molecule has 0 aliphatic carbocycles. The van der Waals surface area contributed by atoms with E-state index in [4.69, 9.17) is 14.2 Å². The lowest BCUT2D eigenvalue weighted by Gasteiger charge is -2.17. The van der Waals surface area contributed by atoms with Crippen LogP contribution in [0, 0.1) is 0 Å². The molecule has 0 aliphatic rings. The summed E-state index contributed by atoms with van der Waals surface area (Å²) < 4.78 is 15.8. The highest BCUT2D eigenvalue weighted by atomic mass is 16.5. The molecule has 0 amide bonds. The van der Waals surface area contributed by atoms with Gasteiger partial charge in [0.15, 0.2) is 11.5 Å². The molecule has 0 aliphatic heterocycles. The summed E-state index contributed by atoms with van der Waals surface area (Å²) in [5.74, 6) is 1.41. The van der Waals surface area contributed by atoms with Gasteiger partial charge in [-0.25, -0.2) is 0 Å². The smallest absolute Gasteiger partial charge is 0.166 e. The number of rotatable bonds is 6. The number of aliphatic hydroxyl groups excluding tert-OH is 1. The third kappa shape index (κ3) is 3.11. The van der Waals surface area contributed by atoms with Crippen molar-refractivity contribution in [2.75, 3.05) is 27.9 Å². The molecule has 1 aromatic carbocycles. The fourth-order valence-electron chi connectivity index (χ4n) is 1.72. The predicted molar refractivity (Wildman–Crippen MR) is 65.8 cm³/mol. The zero-order chi connectivity index (χ0) is 12.8. The van der Waals surface area contributed by atoms with Gasteiger partial charge >= 0.3 is 0 Å². The van der Waals surface area contributed by atoms with Crippen molar-refractivity contribution in [1.82, 2.24) is 0 Å². The van der Waals surface area contributed by atoms with Crippen LogP contribution in [0.5, 0.6) is 11.5 Å². The molecular formula is C13H20O4. The van der Waals surface area contributed by atoms with Crippen molar-refractivity contribution in [2.45, 2.75) is 19.4 Å². The van der Waals surface area contributed by atoms with Gasteiger partial charge in [-0.1, -0.05) is 6.92 Å². The summed E-state index contributed by atoms with van der Waals surface area (Å²) in [6.07, 6.45) is 0. The van der Waals surface area contributed by atoms with E-state index in [0.29, 0.717) is 18.1 Å². The van der Waals surface area contributed by atoms with Gasteiger partial charge in [-0.05, 0) is 17.7 Å². The predicted octanol–water partition coefficient (Wildman–Crippen LogP) is 1.95. The average molecular weight is 240 g/mol. The molecule has 0 fully saturated rings. The number of hydrogen-bond donors (Lipinski definition) is 1. The molecule has 0 saturated heterocycles. The van der Waals surface area contributed by atoms with Gasteiger partial charge < -0.3 is 19.3 Å². The topological polar surface area (TPSA) is 47.9 Å². The second-order valence-electron chi connectivity index (χ2n) is 3.93. The van der Waals surface area contributed by atoms with E-state index in [0.717, 1.165) is 11.1 Å². The molecule has 0 saturated carbocycles. The standard InChI is InChI=1S/C13H20O4/c1-9(7-14)10-5-11(8-15-2)13(17-4)12(6-10)16-3/h5-6,9,14H,7-8H2,1-4H3. The molecular weight excluding hydrogens is 220 g/mol. The lowest BCUT2D eigenvalue weighted by Crippen LogP contribution is -2.04. The summed E-state index contributed by atoms with van der Waals surface area (Å²) in [7, 11) is 4.84. The van der Waals surface area contributed by atoms with Crippen molar-refractivity contribution in [2.24, 2.45) is 0 Å². The quantitative estimate of drug-likeness (QED) is 0.825. The SMILES string of the molecule is COCc1cc(C(C)CO)cc(OC)c1OC. The molecule has 4 heteroatoms. The maximum absolute atomic E-state index is 9.20. The van der Waals surface area contributed by atoms with Crippen LogP contribution >= 0.6 is 0 Å². The molecule has 17 heavy (non-hydrogen) atoms. The summed E-state index contributed by atoms with van der Waals surface area (Å²) >= 11 is 0. The Morgan fingerprint density at radius 2 is 1.88 bits per heavy atom. The Hall–Kier alpha value is -1.26. The summed E-state index contributed by atoms with van der Waals surface area (Å²) in [6.45, 7) is 2.51. The van der Waals surface area contributed by atoms with E-state index in [-0.39, 0.29) is 12.5 Å². The third-order valence-electron chi connectivity index (χ3n) is 2.72. The van der Waals surface area contributed by atoms with Crippen molar-refractivity contribution >= 4 is 0 Å². The first kappa shape index (κ1) is 13.8. The van der Waals surface area contributed by atoms with E-state index in [1.165, 1.54) is 0 Å². The first-order valence-electron chi connectivity index (χ1n) is 5.52. The molecule has 96 valence electrons. The number of hydrogen-bond acceptors (Lipinski definition) is 4. The Morgan fingerprint density at radius 3 is 2.35 bits per heavy atom. The molecule has 0 aromatic heterocycles. The Labute approximate surface area is 102 Å². The first-order valence-corrected chi connectivity index (χ1v) is 5.52. The maximum atomic E-state index is 9.20. The van der Waals surface area contributed by atoms with Crippen LogP contribution in [-0.2, 0) is 11.3 Å². The lowest BCUT2D eigenvalue weighted by atomic mass is 9.98. The van der Waals surface area contributed by atoms with Crippen LogP contribution in [0.25, 0.3) is 0 Å². The molecule has 1 N–H and O–H groups in total. The van der Waals surface area contributed by atoms with Crippen molar-refractivity contribution in [1.29, 1.82) is 0 Å². The molecule has 0 bridgehead atoms. The molecule has 1 atom stereocenters. The van der Waals surface area contributed by atoms with Crippen molar-refractivity contribution in [3.63, 3.8) is 0 Å². The second kappa shape index (κ2) is 6.47. The number of aliphatic hydroxyl groups is 1. The molecule has 0 heterocycles. The zero-order valence-corrected chi connectivity index (χ0v) is 10.8. The van der Waals surface area contributed by atoms with Crippen LogP contribution < -0.4 is 9.47 Å². The van der Waals surface area contributed by atoms with Gasteiger partial charge in [0.1, 0.15) is 0 Å². The highest BCUT2D eigenvalue weighted by Crippen LogP contribution is 2.35. The van der Waals surface area contributed by atoms with Gasteiger partial charge in [-0.15, -0.1) is 0 Å². The van der Waals surface area contributed by atoms with Gasteiger partial charge in [0, 0.05) is 25.2 Å². The van der Waals surface area contributed by atoms with Crippen LogP contribution in [0.3, 0.4) is 0 Å². The van der Waals surface area contributed by atoms with Crippen LogP contribution in [0.2, 0.25) is 0 Å². The van der Waals surface area contributed by atoms with Gasteiger partial charge in [0.25, 0.3) is 0 Å². The van der Waals surface area contributed by atoms with E-state index in [9.17, 15) is 5.11 Å². The van der Waals surface area contributed by atoms with Crippen LogP contribution in [0.15, 0.2) is 12.1 Å². The summed E-state index contributed by atoms with van der Waals surface area (Å²) in [5.41, 5.74) is 1.93. The van der Waals surface area contributed by atoms with Crippen LogP contribution in [-0.4, -0.2) is 33.0 Å². The lowest BCUT2D eigenvalue weighted by molar-refractivity contribution is 0.180. The maximum Gasteiger partial charge on any atom is 0.166 e. The van der Waals surface area contributed by atoms with Gasteiger partial charge in [0.05, 0.1) is 20.8 Å².